The van der Waals surface area contributed by atoms with E-state index in [9.17, 15) is 4.79 Å². The van der Waals surface area contributed by atoms with Gasteiger partial charge in [-0.1, -0.05) is 25.7 Å². The number of anilines is 1. The number of hydrogen-bond donors (Lipinski definition) is 1. The van der Waals surface area contributed by atoms with E-state index in [4.69, 9.17) is 17.0 Å². The van der Waals surface area contributed by atoms with Crippen LogP contribution in [0.2, 0.25) is 0 Å². The zero-order valence-corrected chi connectivity index (χ0v) is 16.7. The number of nitrogens with one attached hydrogen (secondary N) is 1. The normalized spacial score (nSPS) is 18.5. The Morgan fingerprint density at radius 1 is 1.04 bits per heavy atom. The summed E-state index contributed by atoms with van der Waals surface area (Å²) in [5.41, 5.74) is 1.92. The number of carbonyl (C=O) groups is 1. The van der Waals surface area contributed by atoms with Crippen LogP contribution in [0.25, 0.3) is 0 Å². The van der Waals surface area contributed by atoms with Crippen molar-refractivity contribution in [1.82, 2.24) is 4.90 Å². The van der Waals surface area contributed by atoms with E-state index in [1.165, 1.54) is 62.5 Å². The Bertz CT molecular complexity index is 619. The Balaban J connectivity index is 1.85. The predicted molar refractivity (Wildman–Crippen MR) is 108 cm³/mol. The number of thiophene rings is 1. The highest BCUT2D eigenvalue weighted by Crippen LogP contribution is 2.37. The molecule has 1 aliphatic carbocycles. The van der Waals surface area contributed by atoms with Crippen molar-refractivity contribution in [2.75, 3.05) is 25.5 Å². The van der Waals surface area contributed by atoms with E-state index in [1.54, 1.807) is 11.3 Å². The Hall–Kier alpha value is -1.14. The van der Waals surface area contributed by atoms with E-state index in [0.29, 0.717) is 0 Å². The molecular weight excluding hydrogens is 352 g/mol. The summed E-state index contributed by atoms with van der Waals surface area (Å²) in [7, 11) is 1.46. The van der Waals surface area contributed by atoms with Gasteiger partial charge in [0.25, 0.3) is 0 Å². The molecule has 0 saturated carbocycles. The first-order chi connectivity index (χ1) is 12.2. The van der Waals surface area contributed by atoms with Gasteiger partial charge >= 0.3 is 5.97 Å². The summed E-state index contributed by atoms with van der Waals surface area (Å²) in [6.07, 6.45) is 11.8. The number of thiocarbonyl (C=S) groups is 1. The van der Waals surface area contributed by atoms with Crippen LogP contribution in [0.4, 0.5) is 5.00 Å². The van der Waals surface area contributed by atoms with Crippen LogP contribution in [0.1, 0.15) is 72.2 Å². The number of hydrogen-bond acceptors (Lipinski definition) is 4. The number of likely N-dealkylation sites (tertiary alicyclic amines) is 1. The second kappa shape index (κ2) is 8.99. The average molecular weight is 381 g/mol. The van der Waals surface area contributed by atoms with E-state index >= 15 is 0 Å². The maximum absolute atomic E-state index is 12.5. The quantitative estimate of drug-likeness (QED) is 0.591. The van der Waals surface area contributed by atoms with E-state index < -0.39 is 0 Å². The number of fused-ring (bicyclic) bond motifs is 1. The predicted octanol–water partition coefficient (Wildman–Crippen LogP) is 4.77. The minimum atomic E-state index is -0.237. The van der Waals surface area contributed by atoms with Crippen molar-refractivity contribution in [2.24, 2.45) is 0 Å². The lowest BCUT2D eigenvalue weighted by Gasteiger charge is -2.23. The van der Waals surface area contributed by atoms with Crippen LogP contribution < -0.4 is 5.32 Å². The molecule has 138 valence electrons. The van der Waals surface area contributed by atoms with Crippen LogP contribution in [-0.4, -0.2) is 36.2 Å². The van der Waals surface area contributed by atoms with Crippen molar-refractivity contribution in [1.29, 1.82) is 0 Å². The largest absolute Gasteiger partial charge is 0.465 e. The first-order valence-electron chi connectivity index (χ1n) is 9.49. The fraction of sp³-hybridized carbons (Fsp3) is 0.684. The Kier molecular flexibility index (Phi) is 6.70. The molecule has 1 N–H and O–H groups in total. The molecule has 0 radical (unpaired) electrons. The summed E-state index contributed by atoms with van der Waals surface area (Å²) in [5, 5.41) is 5.03. The van der Waals surface area contributed by atoms with Gasteiger partial charge in [0.1, 0.15) is 5.00 Å². The van der Waals surface area contributed by atoms with Crippen LogP contribution in [0.15, 0.2) is 0 Å². The Morgan fingerprint density at radius 3 is 2.36 bits per heavy atom. The highest BCUT2D eigenvalue weighted by molar-refractivity contribution is 7.80. The van der Waals surface area contributed by atoms with E-state index in [1.807, 2.05) is 0 Å². The molecule has 0 bridgehead atoms. The zero-order chi connectivity index (χ0) is 17.6. The molecule has 0 aromatic carbocycles. The fourth-order valence-electron chi connectivity index (χ4n) is 3.78. The molecule has 6 heteroatoms. The molecule has 0 spiro atoms. The van der Waals surface area contributed by atoms with Crippen LogP contribution in [-0.2, 0) is 17.6 Å². The number of ether oxygens (including phenoxy) is 1. The lowest BCUT2D eigenvalue weighted by Crippen LogP contribution is -2.35. The van der Waals surface area contributed by atoms with Crippen molar-refractivity contribution in [3.63, 3.8) is 0 Å². The van der Waals surface area contributed by atoms with Crippen LogP contribution in [0.5, 0.6) is 0 Å². The third kappa shape index (κ3) is 4.53. The zero-order valence-electron chi connectivity index (χ0n) is 15.1. The van der Waals surface area contributed by atoms with Crippen molar-refractivity contribution >= 4 is 39.6 Å². The second-order valence-corrected chi connectivity index (χ2v) is 8.44. The highest BCUT2D eigenvalue weighted by atomic mass is 32.1. The standard InChI is InChI=1S/C19H28N2O2S2/c1-23-18(22)16-14-10-6-2-3-7-11-15(14)25-17(16)20-19(24)21-12-8-4-5-9-13-21/h2-13H2,1H3,(H,20,24). The van der Waals surface area contributed by atoms with Gasteiger partial charge in [-0.15, -0.1) is 11.3 Å². The van der Waals surface area contributed by atoms with Crippen molar-refractivity contribution in [3.8, 4) is 0 Å². The lowest BCUT2D eigenvalue weighted by atomic mass is 9.96. The first-order valence-corrected chi connectivity index (χ1v) is 10.7. The average Bonchev–Trinajstić information content (AvgIpc) is 2.79. The van der Waals surface area contributed by atoms with E-state index in [-0.39, 0.29) is 5.97 Å². The SMILES string of the molecule is COC(=O)c1c(NC(=S)N2CCCCCC2)sc2c1CCCCCC2. The molecule has 2 heterocycles. The van der Waals surface area contributed by atoms with Crippen LogP contribution in [0, 0.1) is 0 Å². The number of carbonyl (C=O) groups excluding carboxylic acids is 1. The number of methoxy groups -OCH3 is 1. The molecule has 0 amide bonds. The molecule has 4 nitrogen and oxygen atoms in total. The van der Waals surface area contributed by atoms with Crippen LogP contribution in [0.3, 0.4) is 0 Å². The van der Waals surface area contributed by atoms with E-state index in [0.717, 1.165) is 48.0 Å². The van der Waals surface area contributed by atoms with Gasteiger partial charge in [-0.2, -0.15) is 0 Å². The molecular formula is C19H28N2O2S2. The smallest absolute Gasteiger partial charge is 0.341 e. The molecule has 0 unspecified atom stereocenters. The highest BCUT2D eigenvalue weighted by Gasteiger charge is 2.26. The van der Waals surface area contributed by atoms with Gasteiger partial charge < -0.3 is 15.0 Å². The summed E-state index contributed by atoms with van der Waals surface area (Å²) in [6.45, 7) is 2.01. The summed E-state index contributed by atoms with van der Waals surface area (Å²) in [5.74, 6) is -0.237. The summed E-state index contributed by atoms with van der Waals surface area (Å²) >= 11 is 7.36. The van der Waals surface area contributed by atoms with Gasteiger partial charge in [-0.3, -0.25) is 0 Å². The third-order valence-corrected chi connectivity index (χ3v) is 6.74. The maximum atomic E-state index is 12.5. The maximum Gasteiger partial charge on any atom is 0.341 e. The monoisotopic (exact) mass is 380 g/mol. The molecule has 3 rings (SSSR count). The lowest BCUT2D eigenvalue weighted by molar-refractivity contribution is 0.0601. The van der Waals surface area contributed by atoms with Gasteiger partial charge in [0.2, 0.25) is 0 Å². The fourth-order valence-corrected chi connectivity index (χ4v) is 5.40. The van der Waals surface area contributed by atoms with E-state index in [2.05, 4.69) is 10.2 Å². The molecule has 0 atom stereocenters. The number of aryl methyl sites for hydroxylation is 1. The van der Waals surface area contributed by atoms with Crippen molar-refractivity contribution in [3.05, 3.63) is 16.0 Å². The number of rotatable bonds is 2. The van der Waals surface area contributed by atoms with Crippen molar-refractivity contribution < 1.29 is 9.53 Å². The first kappa shape index (κ1) is 18.6. The topological polar surface area (TPSA) is 41.6 Å². The van der Waals surface area contributed by atoms with Gasteiger partial charge in [-0.05, 0) is 56.3 Å². The van der Waals surface area contributed by atoms with Gasteiger partial charge in [0.15, 0.2) is 5.11 Å². The van der Waals surface area contributed by atoms with Gasteiger partial charge in [0, 0.05) is 18.0 Å². The number of nitrogens with zero attached hydrogens (tertiary/aromatic N) is 1. The molecule has 1 saturated heterocycles. The molecule has 1 aliphatic heterocycles. The third-order valence-electron chi connectivity index (χ3n) is 5.17. The Labute approximate surface area is 159 Å². The minimum absolute atomic E-state index is 0.237. The molecule has 2 aliphatic rings. The minimum Gasteiger partial charge on any atom is -0.465 e. The molecule has 1 aromatic heterocycles. The van der Waals surface area contributed by atoms with Gasteiger partial charge in [0.05, 0.1) is 12.7 Å². The van der Waals surface area contributed by atoms with Crippen LogP contribution >= 0.6 is 23.6 Å². The van der Waals surface area contributed by atoms with Crippen molar-refractivity contribution in [2.45, 2.75) is 64.2 Å². The summed E-state index contributed by atoms with van der Waals surface area (Å²) in [4.78, 5) is 16.1. The summed E-state index contributed by atoms with van der Waals surface area (Å²) < 4.78 is 5.09. The molecule has 1 fully saturated rings. The summed E-state index contributed by atoms with van der Waals surface area (Å²) in [6, 6.07) is 0. The number of esters is 1. The molecule has 1 aromatic rings. The second-order valence-electron chi connectivity index (χ2n) is 6.95. The Morgan fingerprint density at radius 2 is 1.68 bits per heavy atom. The van der Waals surface area contributed by atoms with Gasteiger partial charge in [-0.25, -0.2) is 4.79 Å². The molecule has 25 heavy (non-hydrogen) atoms.